The highest BCUT2D eigenvalue weighted by molar-refractivity contribution is 7.19. The number of hydrogen-bond acceptors (Lipinski definition) is 3. The van der Waals surface area contributed by atoms with E-state index in [0.717, 1.165) is 26.4 Å². The summed E-state index contributed by atoms with van der Waals surface area (Å²) < 4.78 is 14.8. The van der Waals surface area contributed by atoms with E-state index in [9.17, 15) is 9.18 Å². The molecule has 3 nitrogen and oxygen atoms in total. The number of hydrogen-bond donors (Lipinski definition) is 0. The van der Waals surface area contributed by atoms with E-state index < -0.39 is 6.67 Å². The molecule has 4 rings (SSSR count). The van der Waals surface area contributed by atoms with Crippen LogP contribution in [0.4, 0.5) is 4.39 Å². The Balaban J connectivity index is 1.93. The maximum atomic E-state index is 13.4. The Bertz CT molecular complexity index is 1180. The van der Waals surface area contributed by atoms with E-state index in [4.69, 9.17) is 4.98 Å². The van der Waals surface area contributed by atoms with Gasteiger partial charge >= 0.3 is 0 Å². The number of fused-ring (bicyclic) bond motifs is 1. The monoisotopic (exact) mass is 392 g/mol. The third kappa shape index (κ3) is 3.38. The molecule has 0 radical (unpaired) electrons. The summed E-state index contributed by atoms with van der Waals surface area (Å²) in [7, 11) is 0. The van der Waals surface area contributed by atoms with E-state index in [1.54, 1.807) is 0 Å². The van der Waals surface area contributed by atoms with Crippen molar-refractivity contribution in [1.29, 1.82) is 0 Å². The highest BCUT2D eigenvalue weighted by atomic mass is 32.1. The van der Waals surface area contributed by atoms with Gasteiger partial charge in [0.2, 0.25) is 0 Å². The molecule has 0 fully saturated rings. The van der Waals surface area contributed by atoms with E-state index >= 15 is 0 Å². The molecular weight excluding hydrogens is 371 g/mol. The van der Waals surface area contributed by atoms with Gasteiger partial charge < -0.3 is 0 Å². The Morgan fingerprint density at radius 3 is 2.43 bits per heavy atom. The van der Waals surface area contributed by atoms with Gasteiger partial charge in [0.05, 0.1) is 11.9 Å². The van der Waals surface area contributed by atoms with Crippen LogP contribution in [0, 0.1) is 13.8 Å². The SMILES string of the molecule is Cc1ccc(-c2c(C)sc3nc(Cc4ccccc4)n(CCF)c(=O)c23)cc1. The molecule has 0 saturated carbocycles. The number of aromatic nitrogens is 2. The molecule has 0 aliphatic carbocycles. The summed E-state index contributed by atoms with van der Waals surface area (Å²) in [6.45, 7) is 3.47. The molecule has 2 aromatic heterocycles. The average molecular weight is 392 g/mol. The second-order valence-electron chi connectivity index (χ2n) is 6.92. The van der Waals surface area contributed by atoms with Crippen molar-refractivity contribution in [2.45, 2.75) is 26.8 Å². The molecule has 2 heterocycles. The number of rotatable bonds is 5. The molecule has 0 N–H and O–H groups in total. The first-order valence-corrected chi connectivity index (χ1v) is 10.1. The average Bonchev–Trinajstić information content (AvgIpc) is 3.02. The molecule has 2 aromatic carbocycles. The van der Waals surface area contributed by atoms with Crippen LogP contribution < -0.4 is 5.56 Å². The van der Waals surface area contributed by atoms with Crippen LogP contribution in [0.15, 0.2) is 59.4 Å². The zero-order valence-electron chi connectivity index (χ0n) is 15.9. The lowest BCUT2D eigenvalue weighted by Crippen LogP contribution is -2.26. The van der Waals surface area contributed by atoms with Gasteiger partial charge in [-0.3, -0.25) is 9.36 Å². The summed E-state index contributed by atoms with van der Waals surface area (Å²) in [6.07, 6.45) is 0.503. The molecule has 0 aliphatic heterocycles. The van der Waals surface area contributed by atoms with Crippen molar-refractivity contribution in [2.75, 3.05) is 6.67 Å². The molecular formula is C23H21FN2OS. The van der Waals surface area contributed by atoms with Crippen LogP contribution in [0.2, 0.25) is 0 Å². The minimum Gasteiger partial charge on any atom is -0.293 e. The zero-order chi connectivity index (χ0) is 19.7. The highest BCUT2D eigenvalue weighted by Crippen LogP contribution is 2.36. The summed E-state index contributed by atoms with van der Waals surface area (Å²) in [6, 6.07) is 18.0. The van der Waals surface area contributed by atoms with Crippen molar-refractivity contribution < 1.29 is 4.39 Å². The highest BCUT2D eigenvalue weighted by Gasteiger charge is 2.19. The molecule has 0 spiro atoms. The molecule has 0 unspecified atom stereocenters. The summed E-state index contributed by atoms with van der Waals surface area (Å²) in [5.74, 6) is 0.609. The van der Waals surface area contributed by atoms with Gasteiger partial charge in [-0.1, -0.05) is 60.2 Å². The lowest BCUT2D eigenvalue weighted by atomic mass is 10.0. The topological polar surface area (TPSA) is 34.9 Å². The number of benzene rings is 2. The molecule has 0 saturated heterocycles. The third-order valence-corrected chi connectivity index (χ3v) is 5.92. The van der Waals surface area contributed by atoms with Crippen LogP contribution in [0.5, 0.6) is 0 Å². The molecule has 28 heavy (non-hydrogen) atoms. The predicted molar refractivity (Wildman–Crippen MR) is 114 cm³/mol. The largest absolute Gasteiger partial charge is 0.293 e. The van der Waals surface area contributed by atoms with Crippen LogP contribution in [-0.2, 0) is 13.0 Å². The first kappa shape index (κ1) is 18.6. The molecule has 5 heteroatoms. The first-order chi connectivity index (χ1) is 13.6. The van der Waals surface area contributed by atoms with Gasteiger partial charge in [-0.05, 0) is 25.0 Å². The van der Waals surface area contributed by atoms with E-state index in [0.29, 0.717) is 17.6 Å². The number of thiophene rings is 1. The second kappa shape index (κ2) is 7.68. The van der Waals surface area contributed by atoms with E-state index in [1.165, 1.54) is 21.5 Å². The Labute approximate surface area is 167 Å². The van der Waals surface area contributed by atoms with Crippen molar-refractivity contribution in [3.63, 3.8) is 0 Å². The molecule has 0 aliphatic rings. The molecule has 4 aromatic rings. The van der Waals surface area contributed by atoms with Crippen molar-refractivity contribution in [1.82, 2.24) is 9.55 Å². The van der Waals surface area contributed by atoms with Gasteiger partial charge in [0, 0.05) is 16.9 Å². The lowest BCUT2D eigenvalue weighted by molar-refractivity contribution is 0.433. The molecule has 0 amide bonds. The lowest BCUT2D eigenvalue weighted by Gasteiger charge is -2.12. The molecule has 0 bridgehead atoms. The fourth-order valence-corrected chi connectivity index (χ4v) is 4.59. The van der Waals surface area contributed by atoms with Crippen molar-refractivity contribution in [2.24, 2.45) is 0 Å². The third-order valence-electron chi connectivity index (χ3n) is 4.92. The van der Waals surface area contributed by atoms with Crippen molar-refractivity contribution >= 4 is 21.6 Å². The molecule has 0 atom stereocenters. The summed E-state index contributed by atoms with van der Waals surface area (Å²) in [4.78, 5) is 19.9. The number of alkyl halides is 1. The van der Waals surface area contributed by atoms with Crippen molar-refractivity contribution in [3.05, 3.63) is 86.8 Å². The number of aryl methyl sites for hydroxylation is 2. The van der Waals surface area contributed by atoms with Gasteiger partial charge in [-0.2, -0.15) is 0 Å². The van der Waals surface area contributed by atoms with Gasteiger partial charge in [0.1, 0.15) is 17.3 Å². The standard InChI is InChI=1S/C23H21FN2OS/c1-15-8-10-18(11-9-15)20-16(2)28-22-21(20)23(27)26(13-12-24)19(25-22)14-17-6-4-3-5-7-17/h3-11H,12-14H2,1-2H3. The van der Waals surface area contributed by atoms with Gasteiger partial charge in [-0.15, -0.1) is 11.3 Å². The van der Waals surface area contributed by atoms with Crippen LogP contribution >= 0.6 is 11.3 Å². The summed E-state index contributed by atoms with van der Waals surface area (Å²) >= 11 is 1.53. The normalized spacial score (nSPS) is 11.2. The summed E-state index contributed by atoms with van der Waals surface area (Å²) in [5.41, 5.74) is 3.97. The zero-order valence-corrected chi connectivity index (χ0v) is 16.7. The van der Waals surface area contributed by atoms with E-state index in [2.05, 4.69) is 0 Å². The second-order valence-corrected chi connectivity index (χ2v) is 8.12. The predicted octanol–water partition coefficient (Wildman–Crippen LogP) is 5.30. The quantitative estimate of drug-likeness (QED) is 0.462. The van der Waals surface area contributed by atoms with E-state index in [1.807, 2.05) is 68.4 Å². The maximum Gasteiger partial charge on any atom is 0.263 e. The fraction of sp³-hybridized carbons (Fsp3) is 0.217. The Morgan fingerprint density at radius 1 is 1.04 bits per heavy atom. The number of nitrogens with zero attached hydrogens (tertiary/aromatic N) is 2. The Kier molecular flexibility index (Phi) is 5.09. The fourth-order valence-electron chi connectivity index (χ4n) is 3.53. The Hall–Kier alpha value is -2.79. The smallest absolute Gasteiger partial charge is 0.263 e. The maximum absolute atomic E-state index is 13.4. The van der Waals surface area contributed by atoms with E-state index in [-0.39, 0.29) is 12.1 Å². The van der Waals surface area contributed by atoms with Crippen LogP contribution in [0.25, 0.3) is 21.3 Å². The van der Waals surface area contributed by atoms with Gasteiger partial charge in [-0.25, -0.2) is 9.37 Å². The van der Waals surface area contributed by atoms with Crippen molar-refractivity contribution in [3.8, 4) is 11.1 Å². The van der Waals surface area contributed by atoms with Gasteiger partial charge in [0.25, 0.3) is 5.56 Å². The van der Waals surface area contributed by atoms with Crippen LogP contribution in [-0.4, -0.2) is 16.2 Å². The van der Waals surface area contributed by atoms with Crippen LogP contribution in [0.3, 0.4) is 0 Å². The minimum absolute atomic E-state index is 0.0200. The molecule has 142 valence electrons. The van der Waals surface area contributed by atoms with Gasteiger partial charge in [0.15, 0.2) is 0 Å². The first-order valence-electron chi connectivity index (χ1n) is 9.28. The van der Waals surface area contributed by atoms with Crippen LogP contribution in [0.1, 0.15) is 21.8 Å². The Morgan fingerprint density at radius 2 is 1.75 bits per heavy atom. The number of halogens is 1. The summed E-state index contributed by atoms with van der Waals surface area (Å²) in [5, 5.41) is 0.594. The minimum atomic E-state index is -0.599.